The average molecular weight is 332 g/mol. The smallest absolute Gasteiger partial charge is 0.410 e. The highest BCUT2D eigenvalue weighted by Crippen LogP contribution is 2.18. The number of carbonyl (C=O) groups is 1. The van der Waals surface area contributed by atoms with E-state index in [1.165, 1.54) is 0 Å². The van der Waals surface area contributed by atoms with Crippen LogP contribution < -0.4 is 5.32 Å². The van der Waals surface area contributed by atoms with Crippen LogP contribution in [0.5, 0.6) is 0 Å². The van der Waals surface area contributed by atoms with Gasteiger partial charge in [0.15, 0.2) is 0 Å². The molecule has 1 aliphatic rings. The van der Waals surface area contributed by atoms with E-state index in [4.69, 9.17) is 9.47 Å². The van der Waals surface area contributed by atoms with Gasteiger partial charge in [0.25, 0.3) is 0 Å². The van der Waals surface area contributed by atoms with Crippen LogP contribution in [0.1, 0.15) is 41.0 Å². The summed E-state index contributed by atoms with van der Waals surface area (Å²) in [6.07, 6.45) is 0.319. The molecule has 0 spiro atoms. The lowest BCUT2D eigenvalue weighted by Gasteiger charge is -2.39. The Kier molecular flexibility index (Phi) is 7.26. The number of aliphatic hydroxyl groups is 2. The number of hydrogen-bond acceptors (Lipinski definition) is 6. The highest BCUT2D eigenvalue weighted by atomic mass is 16.6. The summed E-state index contributed by atoms with van der Waals surface area (Å²) in [6.45, 7) is 10.4. The predicted octanol–water partition coefficient (Wildman–Crippen LogP) is 0.734. The first-order valence-corrected chi connectivity index (χ1v) is 8.17. The summed E-state index contributed by atoms with van der Waals surface area (Å²) < 4.78 is 11.0. The second-order valence-electron chi connectivity index (χ2n) is 7.56. The first-order valence-electron chi connectivity index (χ1n) is 8.17. The van der Waals surface area contributed by atoms with Gasteiger partial charge in [-0.05, 0) is 41.0 Å². The summed E-state index contributed by atoms with van der Waals surface area (Å²) in [6, 6.07) is -0.0985. The fourth-order valence-corrected chi connectivity index (χ4v) is 2.61. The van der Waals surface area contributed by atoms with Crippen molar-refractivity contribution in [3.63, 3.8) is 0 Å². The minimum atomic E-state index is -0.744. The van der Waals surface area contributed by atoms with Crippen molar-refractivity contribution in [2.75, 3.05) is 33.0 Å². The van der Waals surface area contributed by atoms with Crippen molar-refractivity contribution in [3.05, 3.63) is 0 Å². The van der Waals surface area contributed by atoms with Gasteiger partial charge >= 0.3 is 6.09 Å². The Morgan fingerprint density at radius 1 is 1.35 bits per heavy atom. The fourth-order valence-electron chi connectivity index (χ4n) is 2.61. The highest BCUT2D eigenvalue weighted by molar-refractivity contribution is 5.68. The van der Waals surface area contributed by atoms with Crippen LogP contribution in [0.25, 0.3) is 0 Å². The number of morpholine rings is 1. The minimum absolute atomic E-state index is 0.00376. The van der Waals surface area contributed by atoms with Crippen molar-refractivity contribution in [2.24, 2.45) is 0 Å². The van der Waals surface area contributed by atoms with E-state index in [1.807, 2.05) is 27.7 Å². The first-order chi connectivity index (χ1) is 10.6. The lowest BCUT2D eigenvalue weighted by Crippen LogP contribution is -2.56. The molecule has 7 nitrogen and oxygen atoms in total. The minimum Gasteiger partial charge on any atom is -0.444 e. The largest absolute Gasteiger partial charge is 0.444 e. The van der Waals surface area contributed by atoms with Gasteiger partial charge in [-0.25, -0.2) is 4.79 Å². The standard InChI is InChI=1S/C16H32N2O5/c1-12(17-16(5,10-19)11-20)8-13-9-22-7-6-18(13)14(21)23-15(2,3)4/h12-13,17,19-20H,6-11H2,1-5H3. The Hall–Kier alpha value is -0.890. The summed E-state index contributed by atoms with van der Waals surface area (Å²) in [7, 11) is 0. The zero-order chi connectivity index (χ0) is 17.7. The number of nitrogens with zero attached hydrogens (tertiary/aromatic N) is 1. The van der Waals surface area contributed by atoms with E-state index in [1.54, 1.807) is 11.8 Å². The normalized spacial score (nSPS) is 21.2. The summed E-state index contributed by atoms with van der Waals surface area (Å²) >= 11 is 0. The molecule has 136 valence electrons. The number of ether oxygens (including phenoxy) is 2. The zero-order valence-corrected chi connectivity index (χ0v) is 15.0. The maximum Gasteiger partial charge on any atom is 0.410 e. The SMILES string of the molecule is CC(CC1COCCN1C(=O)OC(C)(C)C)NC(C)(CO)CO. The van der Waals surface area contributed by atoms with E-state index >= 15 is 0 Å². The zero-order valence-electron chi connectivity index (χ0n) is 15.0. The van der Waals surface area contributed by atoms with Gasteiger partial charge in [0.1, 0.15) is 5.60 Å². The fraction of sp³-hybridized carbons (Fsp3) is 0.938. The highest BCUT2D eigenvalue weighted by Gasteiger charge is 2.33. The van der Waals surface area contributed by atoms with Gasteiger partial charge in [0.2, 0.25) is 0 Å². The molecule has 0 bridgehead atoms. The lowest BCUT2D eigenvalue weighted by molar-refractivity contribution is -0.0368. The van der Waals surface area contributed by atoms with Crippen LogP contribution in [0.4, 0.5) is 4.79 Å². The van der Waals surface area contributed by atoms with Crippen molar-refractivity contribution in [3.8, 4) is 0 Å². The quantitative estimate of drug-likeness (QED) is 0.664. The molecule has 0 aliphatic carbocycles. The molecular formula is C16H32N2O5. The van der Waals surface area contributed by atoms with Crippen LogP contribution in [0.15, 0.2) is 0 Å². The number of aliphatic hydroxyl groups excluding tert-OH is 2. The molecule has 0 aromatic rings. The van der Waals surface area contributed by atoms with E-state index in [-0.39, 0.29) is 31.4 Å². The molecule has 23 heavy (non-hydrogen) atoms. The number of hydrogen-bond donors (Lipinski definition) is 3. The average Bonchev–Trinajstić information content (AvgIpc) is 2.45. The van der Waals surface area contributed by atoms with Gasteiger partial charge in [0, 0.05) is 12.6 Å². The van der Waals surface area contributed by atoms with Crippen molar-refractivity contribution in [2.45, 2.75) is 64.3 Å². The third-order valence-corrected chi connectivity index (χ3v) is 3.77. The van der Waals surface area contributed by atoms with Crippen LogP contribution in [0, 0.1) is 0 Å². The molecule has 1 amide bonds. The molecule has 1 saturated heterocycles. The van der Waals surface area contributed by atoms with Crippen LogP contribution >= 0.6 is 0 Å². The summed E-state index contributed by atoms with van der Waals surface area (Å²) in [5.41, 5.74) is -1.28. The van der Waals surface area contributed by atoms with Crippen molar-refractivity contribution in [1.29, 1.82) is 0 Å². The molecule has 0 aromatic heterocycles. The van der Waals surface area contributed by atoms with E-state index in [9.17, 15) is 15.0 Å². The molecule has 2 unspecified atom stereocenters. The second kappa shape index (κ2) is 8.28. The van der Waals surface area contributed by atoms with E-state index < -0.39 is 11.1 Å². The van der Waals surface area contributed by atoms with Gasteiger partial charge in [-0.3, -0.25) is 0 Å². The van der Waals surface area contributed by atoms with Gasteiger partial charge < -0.3 is 29.9 Å². The Bertz CT molecular complexity index is 379. The van der Waals surface area contributed by atoms with Crippen LogP contribution in [-0.2, 0) is 9.47 Å². The van der Waals surface area contributed by atoms with E-state index in [0.717, 1.165) is 0 Å². The topological polar surface area (TPSA) is 91.3 Å². The monoisotopic (exact) mass is 332 g/mol. The molecule has 0 aromatic carbocycles. The molecule has 1 heterocycles. The lowest BCUT2D eigenvalue weighted by atomic mass is 10.00. The van der Waals surface area contributed by atoms with Gasteiger partial charge in [0.05, 0.1) is 38.0 Å². The molecule has 1 rings (SSSR count). The van der Waals surface area contributed by atoms with E-state index in [2.05, 4.69) is 5.32 Å². The maximum atomic E-state index is 12.4. The predicted molar refractivity (Wildman–Crippen MR) is 87.3 cm³/mol. The van der Waals surface area contributed by atoms with Gasteiger partial charge in [-0.15, -0.1) is 0 Å². The molecule has 1 fully saturated rings. The number of carbonyl (C=O) groups excluding carboxylic acids is 1. The van der Waals surface area contributed by atoms with Crippen LogP contribution in [0.2, 0.25) is 0 Å². The third-order valence-electron chi connectivity index (χ3n) is 3.77. The summed E-state index contributed by atoms with van der Waals surface area (Å²) in [4.78, 5) is 14.1. The van der Waals surface area contributed by atoms with Crippen LogP contribution in [0.3, 0.4) is 0 Å². The Morgan fingerprint density at radius 2 is 1.96 bits per heavy atom. The number of amides is 1. The molecule has 2 atom stereocenters. The third kappa shape index (κ3) is 6.63. The van der Waals surface area contributed by atoms with Crippen molar-refractivity contribution in [1.82, 2.24) is 10.2 Å². The Balaban J connectivity index is 2.66. The Morgan fingerprint density at radius 3 is 2.48 bits per heavy atom. The van der Waals surface area contributed by atoms with Crippen molar-refractivity contribution >= 4 is 6.09 Å². The van der Waals surface area contributed by atoms with Gasteiger partial charge in [-0.1, -0.05) is 0 Å². The summed E-state index contributed by atoms with van der Waals surface area (Å²) in [5, 5.41) is 22.0. The van der Waals surface area contributed by atoms with Crippen molar-refractivity contribution < 1.29 is 24.5 Å². The van der Waals surface area contributed by atoms with Gasteiger partial charge in [-0.2, -0.15) is 0 Å². The van der Waals surface area contributed by atoms with Crippen LogP contribution in [-0.4, -0.2) is 77.4 Å². The number of rotatable bonds is 6. The maximum absolute atomic E-state index is 12.4. The molecule has 0 saturated carbocycles. The second-order valence-corrected chi connectivity index (χ2v) is 7.56. The molecule has 7 heteroatoms. The molecule has 3 N–H and O–H groups in total. The first kappa shape index (κ1) is 20.2. The van der Waals surface area contributed by atoms with E-state index in [0.29, 0.717) is 26.2 Å². The Labute approximate surface area is 138 Å². The molecule has 1 aliphatic heterocycles. The molecular weight excluding hydrogens is 300 g/mol. The summed E-state index contributed by atoms with van der Waals surface area (Å²) in [5.74, 6) is 0. The molecule has 0 radical (unpaired) electrons. The number of nitrogens with one attached hydrogen (secondary N) is 1.